The van der Waals surface area contributed by atoms with Gasteiger partial charge in [0.2, 0.25) is 0 Å². The van der Waals surface area contributed by atoms with Crippen molar-refractivity contribution in [1.29, 1.82) is 0 Å². The summed E-state index contributed by atoms with van der Waals surface area (Å²) in [5, 5.41) is 4.38. The lowest BCUT2D eigenvalue weighted by atomic mass is 10.2. The highest BCUT2D eigenvalue weighted by molar-refractivity contribution is 6.30. The minimum atomic E-state index is -0.617. The molecule has 1 rings (SSSR count). The molecule has 0 aromatic heterocycles. The number of rotatable bonds is 4. The van der Waals surface area contributed by atoms with Gasteiger partial charge in [0.1, 0.15) is 11.4 Å². The number of halogens is 1. The molecule has 0 fully saturated rings. The van der Waals surface area contributed by atoms with Crippen molar-refractivity contribution in [1.82, 2.24) is 5.43 Å². The molecule has 0 bridgehead atoms. The van der Waals surface area contributed by atoms with Crippen LogP contribution >= 0.6 is 11.6 Å². The van der Waals surface area contributed by atoms with Crippen LogP contribution < -0.4 is 10.2 Å². The summed E-state index contributed by atoms with van der Waals surface area (Å²) < 4.78 is 10.5. The minimum absolute atomic E-state index is 0.530. The summed E-state index contributed by atoms with van der Waals surface area (Å²) in [7, 11) is 0. The molecule has 0 aliphatic heterocycles. The van der Waals surface area contributed by atoms with E-state index in [1.54, 1.807) is 39.0 Å². The normalized spacial score (nSPS) is 11.4. The zero-order valence-corrected chi connectivity index (χ0v) is 12.8. The van der Waals surface area contributed by atoms with Crippen molar-refractivity contribution in [2.24, 2.45) is 5.10 Å². The molecule has 1 N–H and O–H groups in total. The van der Waals surface area contributed by atoms with E-state index in [1.807, 2.05) is 6.92 Å². The fraction of sp³-hybridized carbons (Fsp3) is 0.429. The van der Waals surface area contributed by atoms with Crippen molar-refractivity contribution in [3.63, 3.8) is 0 Å². The first kappa shape index (κ1) is 16.3. The highest BCUT2D eigenvalue weighted by Gasteiger charge is 2.15. The maximum Gasteiger partial charge on any atom is 0.428 e. The maximum atomic E-state index is 11.4. The highest BCUT2D eigenvalue weighted by atomic mass is 35.5. The van der Waals surface area contributed by atoms with Crippen LogP contribution in [0.4, 0.5) is 4.79 Å². The van der Waals surface area contributed by atoms with Crippen molar-refractivity contribution >= 4 is 23.9 Å². The molecule has 0 saturated carbocycles. The molecule has 0 radical (unpaired) electrons. The number of hydrogen-bond donors (Lipinski definition) is 1. The lowest BCUT2D eigenvalue weighted by Crippen LogP contribution is -2.29. The molecular weight excluding hydrogens is 280 g/mol. The predicted molar refractivity (Wildman–Crippen MR) is 79.6 cm³/mol. The van der Waals surface area contributed by atoms with Gasteiger partial charge in [-0.05, 0) is 45.9 Å². The summed E-state index contributed by atoms with van der Waals surface area (Å²) in [4.78, 5) is 11.4. The van der Waals surface area contributed by atoms with Crippen LogP contribution in [0.3, 0.4) is 0 Å². The Labute approximate surface area is 123 Å². The lowest BCUT2D eigenvalue weighted by Gasteiger charge is -2.18. The predicted octanol–water partition coefficient (Wildman–Crippen LogP) is 3.60. The van der Waals surface area contributed by atoms with Crippen LogP contribution in [0.1, 0.15) is 33.3 Å². The number of nitrogens with zero attached hydrogens (tertiary/aromatic N) is 1. The summed E-state index contributed by atoms with van der Waals surface area (Å²) in [5.74, 6) is 0.645. The second-order valence-corrected chi connectivity index (χ2v) is 5.42. The third-order valence-electron chi connectivity index (χ3n) is 2.03. The Balaban J connectivity index is 2.70. The van der Waals surface area contributed by atoms with E-state index in [9.17, 15) is 4.79 Å². The molecule has 1 aromatic carbocycles. The van der Waals surface area contributed by atoms with Gasteiger partial charge < -0.3 is 9.47 Å². The van der Waals surface area contributed by atoms with Crippen molar-refractivity contribution in [3.05, 3.63) is 28.8 Å². The van der Waals surface area contributed by atoms with Gasteiger partial charge in [-0.15, -0.1) is 0 Å². The zero-order chi connectivity index (χ0) is 15.2. The van der Waals surface area contributed by atoms with Gasteiger partial charge >= 0.3 is 6.09 Å². The summed E-state index contributed by atoms with van der Waals surface area (Å²) in [6.07, 6.45) is 0.842. The van der Waals surface area contributed by atoms with Crippen LogP contribution in [0.25, 0.3) is 0 Å². The van der Waals surface area contributed by atoms with Gasteiger partial charge in [0.25, 0.3) is 0 Å². The Morgan fingerprint density at radius 1 is 1.45 bits per heavy atom. The monoisotopic (exact) mass is 298 g/mol. The Morgan fingerprint density at radius 3 is 2.75 bits per heavy atom. The van der Waals surface area contributed by atoms with Gasteiger partial charge in [0.05, 0.1) is 12.8 Å². The van der Waals surface area contributed by atoms with Crippen LogP contribution in [0.15, 0.2) is 23.3 Å². The molecule has 0 atom stereocenters. The fourth-order valence-corrected chi connectivity index (χ4v) is 1.54. The molecule has 6 heteroatoms. The molecule has 1 amide bonds. The molecule has 1 aromatic rings. The molecule has 0 heterocycles. The van der Waals surface area contributed by atoms with E-state index in [2.05, 4.69) is 10.5 Å². The van der Waals surface area contributed by atoms with Crippen LogP contribution in [0, 0.1) is 0 Å². The summed E-state index contributed by atoms with van der Waals surface area (Å²) in [6.45, 7) is 7.75. The van der Waals surface area contributed by atoms with E-state index in [0.717, 1.165) is 0 Å². The minimum Gasteiger partial charge on any atom is -0.493 e. The van der Waals surface area contributed by atoms with Crippen molar-refractivity contribution in [2.75, 3.05) is 6.61 Å². The van der Waals surface area contributed by atoms with E-state index in [1.165, 1.54) is 6.21 Å². The second kappa shape index (κ2) is 7.14. The third-order valence-corrected chi connectivity index (χ3v) is 2.27. The quantitative estimate of drug-likeness (QED) is 0.682. The Kier molecular flexibility index (Phi) is 5.82. The number of amides is 1. The Morgan fingerprint density at radius 2 is 2.15 bits per heavy atom. The molecular formula is C14H19ClN2O3. The van der Waals surface area contributed by atoms with E-state index in [0.29, 0.717) is 22.9 Å². The van der Waals surface area contributed by atoms with Gasteiger partial charge in [-0.3, -0.25) is 0 Å². The second-order valence-electron chi connectivity index (χ2n) is 4.99. The smallest absolute Gasteiger partial charge is 0.428 e. The van der Waals surface area contributed by atoms with Gasteiger partial charge in [-0.25, -0.2) is 10.2 Å². The van der Waals surface area contributed by atoms with Gasteiger partial charge in [-0.1, -0.05) is 11.6 Å². The van der Waals surface area contributed by atoms with E-state index in [4.69, 9.17) is 21.1 Å². The van der Waals surface area contributed by atoms with E-state index >= 15 is 0 Å². The molecule has 20 heavy (non-hydrogen) atoms. The molecule has 0 unspecified atom stereocenters. The average Bonchev–Trinajstić information content (AvgIpc) is 2.30. The first-order chi connectivity index (χ1) is 9.31. The number of nitrogens with one attached hydrogen (secondary N) is 1. The van der Waals surface area contributed by atoms with Gasteiger partial charge in [0.15, 0.2) is 0 Å². The largest absolute Gasteiger partial charge is 0.493 e. The number of hydrogen-bond acceptors (Lipinski definition) is 4. The fourth-order valence-electron chi connectivity index (χ4n) is 1.36. The topological polar surface area (TPSA) is 59.9 Å². The van der Waals surface area contributed by atoms with Crippen LogP contribution in [-0.4, -0.2) is 24.5 Å². The summed E-state index contributed by atoms with van der Waals surface area (Å²) in [5.41, 5.74) is 2.40. The first-order valence-electron chi connectivity index (χ1n) is 6.26. The molecule has 0 aliphatic rings. The first-order valence-corrected chi connectivity index (χ1v) is 6.64. The number of hydrazone groups is 1. The third kappa shape index (κ3) is 5.93. The van der Waals surface area contributed by atoms with Crippen molar-refractivity contribution < 1.29 is 14.3 Å². The van der Waals surface area contributed by atoms with E-state index < -0.39 is 11.7 Å². The Bertz CT molecular complexity index is 496. The zero-order valence-electron chi connectivity index (χ0n) is 12.1. The van der Waals surface area contributed by atoms with Crippen molar-refractivity contribution in [3.8, 4) is 5.75 Å². The van der Waals surface area contributed by atoms with Crippen LogP contribution in [0.2, 0.25) is 5.02 Å². The lowest BCUT2D eigenvalue weighted by molar-refractivity contribution is 0.0529. The molecule has 0 spiro atoms. The highest BCUT2D eigenvalue weighted by Crippen LogP contribution is 2.21. The maximum absolute atomic E-state index is 11.4. The number of ether oxygens (including phenoxy) is 2. The SMILES string of the molecule is CCOc1ccc(Cl)cc1C=NNC(=O)OC(C)(C)C. The standard InChI is InChI=1S/C14H19ClN2O3/c1-5-19-12-7-6-11(15)8-10(12)9-16-17-13(18)20-14(2,3)4/h6-9H,5H2,1-4H3,(H,17,18). The number of benzene rings is 1. The number of carbonyl (C=O) groups is 1. The molecule has 110 valence electrons. The van der Waals surface area contributed by atoms with E-state index in [-0.39, 0.29) is 0 Å². The molecule has 0 saturated heterocycles. The molecule has 5 nitrogen and oxygen atoms in total. The summed E-state index contributed by atoms with van der Waals surface area (Å²) in [6, 6.07) is 5.18. The van der Waals surface area contributed by atoms with Gasteiger partial charge in [0, 0.05) is 10.6 Å². The average molecular weight is 299 g/mol. The van der Waals surface area contributed by atoms with Gasteiger partial charge in [-0.2, -0.15) is 5.10 Å². The summed E-state index contributed by atoms with van der Waals surface area (Å²) >= 11 is 5.92. The Hall–Kier alpha value is -1.75. The number of carbonyl (C=O) groups excluding carboxylic acids is 1. The van der Waals surface area contributed by atoms with Crippen molar-refractivity contribution in [2.45, 2.75) is 33.3 Å². The molecule has 0 aliphatic carbocycles. The van der Waals surface area contributed by atoms with Crippen LogP contribution in [0.5, 0.6) is 5.75 Å². The van der Waals surface area contributed by atoms with Crippen LogP contribution in [-0.2, 0) is 4.74 Å².